The maximum atomic E-state index is 5.07. The Morgan fingerprint density at radius 3 is 2.40 bits per heavy atom. The van der Waals surface area contributed by atoms with Crippen LogP contribution < -0.4 is 11.2 Å². The van der Waals surface area contributed by atoms with Gasteiger partial charge in [-0.25, -0.2) is 0 Å². The Bertz CT molecular complexity index is 65.3. The summed E-state index contributed by atoms with van der Waals surface area (Å²) in [5.74, 6) is 0.699. The molecule has 0 fully saturated rings. The van der Waals surface area contributed by atoms with Gasteiger partial charge in [-0.3, -0.25) is 0 Å². The lowest BCUT2D eigenvalue weighted by Gasteiger charge is -2.07. The van der Waals surface area contributed by atoms with Gasteiger partial charge in [-0.2, -0.15) is 5.10 Å². The largest absolute Gasteiger partial charge is 0.384 e. The summed E-state index contributed by atoms with van der Waals surface area (Å²) in [5, 5.41) is 3.51. The molecule has 1 rings (SSSR count). The molecule has 3 N–H and O–H groups in total. The van der Waals surface area contributed by atoms with Crippen molar-refractivity contribution in [1.82, 2.24) is 5.43 Å². The van der Waals surface area contributed by atoms with Crippen LogP contribution >= 0.6 is 0 Å². The Balaban J connectivity index is 2.51. The molecule has 0 aromatic heterocycles. The SMILES string of the molecule is NC1=NNC1. The molecular weight excluding hydrogens is 66.0 g/mol. The molecule has 0 amide bonds. The van der Waals surface area contributed by atoms with Gasteiger partial charge in [-0.05, 0) is 0 Å². The second-order valence-corrected chi connectivity index (χ2v) is 0.938. The Labute approximate surface area is 29.9 Å². The second kappa shape index (κ2) is 0.607. The van der Waals surface area contributed by atoms with Crippen LogP contribution in [-0.2, 0) is 0 Å². The molecular formula is C2H5N3. The average molecular weight is 71.1 g/mol. The summed E-state index contributed by atoms with van der Waals surface area (Å²) in [7, 11) is 0. The predicted octanol–water partition coefficient (Wildman–Crippen LogP) is -1.14. The van der Waals surface area contributed by atoms with Crippen LogP contribution in [0.4, 0.5) is 0 Å². The third-order valence-corrected chi connectivity index (χ3v) is 0.483. The zero-order valence-electron chi connectivity index (χ0n) is 2.73. The van der Waals surface area contributed by atoms with Crippen LogP contribution in [0.2, 0.25) is 0 Å². The molecule has 0 aromatic rings. The molecule has 0 unspecified atom stereocenters. The first kappa shape index (κ1) is 2.50. The fourth-order valence-corrected chi connectivity index (χ4v) is 0.170. The predicted molar refractivity (Wildman–Crippen MR) is 19.6 cm³/mol. The van der Waals surface area contributed by atoms with Gasteiger partial charge in [0.05, 0.1) is 6.54 Å². The lowest BCUT2D eigenvalue weighted by atomic mass is 10.6. The quantitative estimate of drug-likeness (QED) is 0.379. The highest BCUT2D eigenvalue weighted by Crippen LogP contribution is 1.71. The first-order chi connectivity index (χ1) is 2.39. The van der Waals surface area contributed by atoms with Gasteiger partial charge in [0.2, 0.25) is 0 Å². The van der Waals surface area contributed by atoms with E-state index in [-0.39, 0.29) is 0 Å². The molecule has 28 valence electrons. The summed E-state index contributed by atoms with van der Waals surface area (Å²) >= 11 is 0. The number of hydrogen-bond donors (Lipinski definition) is 2. The normalized spacial score (nSPS) is 18.8. The highest BCUT2D eigenvalue weighted by molar-refractivity contribution is 5.85. The summed E-state index contributed by atoms with van der Waals surface area (Å²) < 4.78 is 0. The van der Waals surface area contributed by atoms with Crippen LogP contribution in [0.5, 0.6) is 0 Å². The summed E-state index contributed by atoms with van der Waals surface area (Å²) in [6.07, 6.45) is 0. The van der Waals surface area contributed by atoms with Gasteiger partial charge in [-0.1, -0.05) is 0 Å². The molecule has 0 radical (unpaired) electrons. The van der Waals surface area contributed by atoms with E-state index in [1.54, 1.807) is 0 Å². The Hall–Kier alpha value is -0.730. The monoisotopic (exact) mass is 71.0 g/mol. The number of nitrogens with zero attached hydrogens (tertiary/aromatic N) is 1. The van der Waals surface area contributed by atoms with E-state index in [0.29, 0.717) is 5.84 Å². The van der Waals surface area contributed by atoms with Crippen molar-refractivity contribution < 1.29 is 0 Å². The number of nitrogens with one attached hydrogen (secondary N) is 1. The third-order valence-electron chi connectivity index (χ3n) is 0.483. The van der Waals surface area contributed by atoms with Crippen LogP contribution in [0.3, 0.4) is 0 Å². The Morgan fingerprint density at radius 2 is 2.40 bits per heavy atom. The number of rotatable bonds is 0. The minimum atomic E-state index is 0.699. The van der Waals surface area contributed by atoms with Crippen molar-refractivity contribution in [3.05, 3.63) is 0 Å². The summed E-state index contributed by atoms with van der Waals surface area (Å²) in [5.41, 5.74) is 7.69. The molecule has 0 spiro atoms. The average Bonchev–Trinajstić information content (AvgIpc) is 1.30. The highest BCUT2D eigenvalue weighted by atomic mass is 15.4. The minimum Gasteiger partial charge on any atom is -0.384 e. The van der Waals surface area contributed by atoms with E-state index in [0.717, 1.165) is 6.54 Å². The molecule has 3 heteroatoms. The van der Waals surface area contributed by atoms with Crippen LogP contribution in [0.15, 0.2) is 5.10 Å². The van der Waals surface area contributed by atoms with Gasteiger partial charge < -0.3 is 11.2 Å². The number of amidine groups is 1. The summed E-state index contributed by atoms with van der Waals surface area (Å²) in [6.45, 7) is 0.764. The standard InChI is InChI=1S/C2H5N3/c3-2-1-4-5-2/h4H,1H2,(H2,3,5). The molecule has 1 aliphatic rings. The highest BCUT2D eigenvalue weighted by Gasteiger charge is 1.95. The van der Waals surface area contributed by atoms with E-state index in [2.05, 4.69) is 10.5 Å². The third kappa shape index (κ3) is 0.190. The molecule has 0 bridgehead atoms. The molecule has 0 aliphatic carbocycles. The van der Waals surface area contributed by atoms with Crippen LogP contribution in [-0.4, -0.2) is 12.4 Å². The molecule has 0 saturated heterocycles. The van der Waals surface area contributed by atoms with E-state index in [1.165, 1.54) is 0 Å². The fraction of sp³-hybridized carbons (Fsp3) is 0.500. The van der Waals surface area contributed by atoms with Crippen LogP contribution in [0.1, 0.15) is 0 Å². The van der Waals surface area contributed by atoms with Gasteiger partial charge in [0.1, 0.15) is 5.84 Å². The minimum absolute atomic E-state index is 0.699. The fourth-order valence-electron chi connectivity index (χ4n) is 0.170. The van der Waals surface area contributed by atoms with Gasteiger partial charge in [-0.15, -0.1) is 0 Å². The molecule has 3 nitrogen and oxygen atoms in total. The van der Waals surface area contributed by atoms with Gasteiger partial charge in [0.25, 0.3) is 0 Å². The van der Waals surface area contributed by atoms with Crippen LogP contribution in [0.25, 0.3) is 0 Å². The number of hydrogen-bond acceptors (Lipinski definition) is 3. The van der Waals surface area contributed by atoms with E-state index >= 15 is 0 Å². The molecule has 1 heterocycles. The molecule has 0 atom stereocenters. The van der Waals surface area contributed by atoms with Gasteiger partial charge in [0.15, 0.2) is 0 Å². The van der Waals surface area contributed by atoms with Gasteiger partial charge >= 0.3 is 0 Å². The number of hydrazone groups is 1. The van der Waals surface area contributed by atoms with E-state index in [1.807, 2.05) is 0 Å². The van der Waals surface area contributed by atoms with Crippen molar-refractivity contribution in [3.8, 4) is 0 Å². The Morgan fingerprint density at radius 1 is 2.00 bits per heavy atom. The first-order valence-corrected chi connectivity index (χ1v) is 1.44. The summed E-state index contributed by atoms with van der Waals surface area (Å²) in [4.78, 5) is 0. The van der Waals surface area contributed by atoms with Crippen LogP contribution in [0, 0.1) is 0 Å². The van der Waals surface area contributed by atoms with E-state index in [4.69, 9.17) is 5.73 Å². The topological polar surface area (TPSA) is 50.4 Å². The maximum absolute atomic E-state index is 5.07. The van der Waals surface area contributed by atoms with Crippen molar-refractivity contribution in [3.63, 3.8) is 0 Å². The second-order valence-electron chi connectivity index (χ2n) is 0.938. The zero-order valence-corrected chi connectivity index (χ0v) is 2.73. The van der Waals surface area contributed by atoms with Gasteiger partial charge in [0, 0.05) is 0 Å². The zero-order chi connectivity index (χ0) is 3.70. The lowest BCUT2D eigenvalue weighted by molar-refractivity contribution is 0.762. The van der Waals surface area contributed by atoms with Crippen molar-refractivity contribution in [1.29, 1.82) is 0 Å². The van der Waals surface area contributed by atoms with Crippen molar-refractivity contribution in [2.45, 2.75) is 0 Å². The molecule has 1 aliphatic heterocycles. The smallest absolute Gasteiger partial charge is 0.140 e. The van der Waals surface area contributed by atoms with E-state index < -0.39 is 0 Å². The maximum Gasteiger partial charge on any atom is 0.140 e. The lowest BCUT2D eigenvalue weighted by Crippen LogP contribution is -2.36. The summed E-state index contributed by atoms with van der Waals surface area (Å²) in [6, 6.07) is 0. The van der Waals surface area contributed by atoms with Crippen molar-refractivity contribution in [2.75, 3.05) is 6.54 Å². The molecule has 5 heavy (non-hydrogen) atoms. The van der Waals surface area contributed by atoms with Crippen molar-refractivity contribution >= 4 is 5.84 Å². The first-order valence-electron chi connectivity index (χ1n) is 1.44. The Kier molecular flexibility index (Phi) is 0.304. The van der Waals surface area contributed by atoms with Crippen molar-refractivity contribution in [2.24, 2.45) is 10.8 Å². The van der Waals surface area contributed by atoms with E-state index in [9.17, 15) is 0 Å². The number of nitrogens with two attached hydrogens (primary N) is 1. The molecule has 0 saturated carbocycles. The molecule has 0 aromatic carbocycles.